The van der Waals surface area contributed by atoms with Crippen LogP contribution in [0.25, 0.3) is 0 Å². The van der Waals surface area contributed by atoms with Gasteiger partial charge < -0.3 is 44.7 Å². The fourth-order valence-corrected chi connectivity index (χ4v) is 9.85. The third kappa shape index (κ3) is 5.58. The zero-order valence-electron chi connectivity index (χ0n) is 28.9. The van der Waals surface area contributed by atoms with Crippen molar-refractivity contribution in [2.45, 2.75) is 88.6 Å². The monoisotopic (exact) mass is 721 g/mol. The molecule has 0 radical (unpaired) electrons. The summed E-state index contributed by atoms with van der Waals surface area (Å²) in [6, 6.07) is -0.582. The average Bonchev–Trinajstić information content (AvgIpc) is 3.57. The van der Waals surface area contributed by atoms with Gasteiger partial charge in [-0.2, -0.15) is 5.26 Å². The van der Waals surface area contributed by atoms with Gasteiger partial charge in [-0.25, -0.2) is 4.79 Å². The van der Waals surface area contributed by atoms with Gasteiger partial charge in [0.2, 0.25) is 18.6 Å². The third-order valence-electron chi connectivity index (χ3n) is 10.3. The van der Waals surface area contributed by atoms with E-state index in [0.717, 1.165) is 11.1 Å². The number of aromatic hydroxyl groups is 1. The van der Waals surface area contributed by atoms with E-state index < -0.39 is 65.3 Å². The highest BCUT2D eigenvalue weighted by Gasteiger charge is 2.59. The molecule has 270 valence electrons. The lowest BCUT2D eigenvalue weighted by Crippen LogP contribution is -2.69. The average molecular weight is 722 g/mol. The smallest absolute Gasteiger partial charge is 0.329 e. The van der Waals surface area contributed by atoms with Crippen LogP contribution in [0.3, 0.4) is 0 Å². The maximum atomic E-state index is 13.7. The van der Waals surface area contributed by atoms with Crippen LogP contribution in [0.2, 0.25) is 0 Å². The number of hydrogen-bond donors (Lipinski definition) is 4. The number of hydrogen-bond acceptors (Lipinski definition) is 14. The Balaban J connectivity index is 1.45. The fourth-order valence-electron chi connectivity index (χ4n) is 8.34. The summed E-state index contributed by atoms with van der Waals surface area (Å²) in [6.45, 7) is 7.40. The molecule has 0 aliphatic carbocycles. The van der Waals surface area contributed by atoms with Crippen LogP contribution in [0.5, 0.6) is 28.7 Å². The van der Waals surface area contributed by atoms with E-state index in [4.69, 9.17) is 23.7 Å². The van der Waals surface area contributed by atoms with Gasteiger partial charge in [-0.3, -0.25) is 19.3 Å². The zero-order chi connectivity index (χ0) is 36.5. The van der Waals surface area contributed by atoms with Gasteiger partial charge in [0.15, 0.2) is 23.0 Å². The molecule has 2 aromatic rings. The Labute approximate surface area is 298 Å². The highest BCUT2D eigenvalue weighted by atomic mass is 32.2. The second-order valence-electron chi connectivity index (χ2n) is 13.4. The van der Waals surface area contributed by atoms with Crippen LogP contribution in [0.4, 0.5) is 0 Å². The largest absolute Gasteiger partial charge is 0.504 e. The first-order chi connectivity index (χ1) is 24.4. The summed E-state index contributed by atoms with van der Waals surface area (Å²) < 4.78 is 29.6. The molecular formula is C35H39N5O10S. The highest BCUT2D eigenvalue weighted by Crippen LogP contribution is 2.62. The van der Waals surface area contributed by atoms with E-state index in [1.807, 2.05) is 17.9 Å². The van der Waals surface area contributed by atoms with E-state index >= 15 is 0 Å². The number of amides is 2. The first kappa shape index (κ1) is 34.7. The van der Waals surface area contributed by atoms with Crippen molar-refractivity contribution in [3.8, 4) is 34.8 Å². The van der Waals surface area contributed by atoms with Gasteiger partial charge in [0.1, 0.15) is 30.5 Å². The van der Waals surface area contributed by atoms with Crippen LogP contribution in [0, 0.1) is 25.2 Å². The molecule has 0 aromatic heterocycles. The second kappa shape index (κ2) is 13.1. The summed E-state index contributed by atoms with van der Waals surface area (Å²) in [7, 11) is 1.50. The first-order valence-electron chi connectivity index (χ1n) is 16.7. The number of nitrogens with one attached hydrogen (secondary N) is 3. The van der Waals surface area contributed by atoms with E-state index in [9.17, 15) is 29.5 Å². The zero-order valence-corrected chi connectivity index (χ0v) is 29.8. The van der Waals surface area contributed by atoms with Crippen molar-refractivity contribution >= 4 is 35.5 Å². The number of carbonyl (C=O) groups is 4. The number of aryl methyl sites for hydroxylation is 1. The molecule has 2 fully saturated rings. The van der Waals surface area contributed by atoms with Gasteiger partial charge >= 0.3 is 11.9 Å². The van der Waals surface area contributed by atoms with Crippen LogP contribution in [0.1, 0.15) is 71.5 Å². The third-order valence-corrected chi connectivity index (χ3v) is 11.7. The highest BCUT2D eigenvalue weighted by molar-refractivity contribution is 7.99. The van der Waals surface area contributed by atoms with Gasteiger partial charge in [0.05, 0.1) is 30.5 Å². The van der Waals surface area contributed by atoms with E-state index in [-0.39, 0.29) is 36.7 Å². The van der Waals surface area contributed by atoms with Crippen molar-refractivity contribution in [1.82, 2.24) is 20.9 Å². The molecule has 2 saturated heterocycles. The lowest BCUT2D eigenvalue weighted by molar-refractivity contribution is -0.151. The number of carbonyl (C=O) groups excluding carboxylic acids is 4. The number of phenols is 1. The molecule has 5 aliphatic rings. The number of nitriles is 1. The first-order valence-corrected chi connectivity index (χ1v) is 17.7. The number of phenolic OH excluding ortho intramolecular Hbond substituents is 1. The summed E-state index contributed by atoms with van der Waals surface area (Å²) in [5, 5.41) is 30.9. The lowest BCUT2D eigenvalue weighted by atomic mass is 9.72. The van der Waals surface area contributed by atoms with Crippen LogP contribution in [0.15, 0.2) is 6.07 Å². The van der Waals surface area contributed by atoms with Gasteiger partial charge in [-0.15, -0.1) is 11.8 Å². The molecule has 15 nitrogen and oxygen atoms in total. The van der Waals surface area contributed by atoms with Crippen molar-refractivity contribution in [2.24, 2.45) is 0 Å². The van der Waals surface area contributed by atoms with Crippen molar-refractivity contribution in [2.75, 3.05) is 26.3 Å². The Morgan fingerprint density at radius 1 is 1.14 bits per heavy atom. The summed E-state index contributed by atoms with van der Waals surface area (Å²) >= 11 is 1.32. The number of ether oxygens (including phenoxy) is 5. The summed E-state index contributed by atoms with van der Waals surface area (Å²) in [6.07, 6.45) is 0.438. The van der Waals surface area contributed by atoms with Crippen LogP contribution < -0.4 is 34.9 Å². The summed E-state index contributed by atoms with van der Waals surface area (Å²) in [5.74, 6) is -0.811. The Morgan fingerprint density at radius 3 is 2.57 bits per heavy atom. The van der Waals surface area contributed by atoms with Crippen LogP contribution in [-0.2, 0) is 30.3 Å². The molecule has 5 heterocycles. The summed E-state index contributed by atoms with van der Waals surface area (Å²) in [4.78, 5) is 53.3. The molecule has 5 aliphatic heterocycles. The molecule has 0 saturated carbocycles. The Morgan fingerprint density at radius 2 is 1.88 bits per heavy atom. The Hall–Kier alpha value is -4.72. The van der Waals surface area contributed by atoms with Crippen molar-refractivity contribution < 1.29 is 48.0 Å². The topological polar surface area (TPSA) is 198 Å². The number of piperazine rings is 1. The quantitative estimate of drug-likeness (QED) is 0.258. The molecule has 4 bridgehead atoms. The molecule has 16 heteroatoms. The number of nitrogens with zero attached hydrogens (tertiary/aromatic N) is 2. The van der Waals surface area contributed by atoms with Gasteiger partial charge in [0.25, 0.3) is 0 Å². The lowest BCUT2D eigenvalue weighted by Gasteiger charge is -2.59. The predicted octanol–water partition coefficient (Wildman–Crippen LogP) is 1.90. The number of esters is 2. The summed E-state index contributed by atoms with van der Waals surface area (Å²) in [5.41, 5.74) is 4.00. The van der Waals surface area contributed by atoms with E-state index in [0.29, 0.717) is 45.9 Å². The fraction of sp³-hybridized carbons (Fsp3) is 0.514. The molecule has 8 atom stereocenters. The number of benzene rings is 2. The maximum absolute atomic E-state index is 13.7. The van der Waals surface area contributed by atoms with E-state index in [1.54, 1.807) is 6.92 Å². The molecule has 2 aromatic carbocycles. The molecule has 2 amide bonds. The van der Waals surface area contributed by atoms with Gasteiger partial charge in [-0.1, -0.05) is 6.07 Å². The number of thioether (sulfide) groups is 1. The van der Waals surface area contributed by atoms with E-state index in [1.165, 1.54) is 39.6 Å². The van der Waals surface area contributed by atoms with Gasteiger partial charge in [0, 0.05) is 53.9 Å². The second-order valence-corrected chi connectivity index (χ2v) is 14.6. The molecule has 0 spiro atoms. The van der Waals surface area contributed by atoms with Crippen molar-refractivity contribution in [3.05, 3.63) is 39.4 Å². The number of methoxy groups -OCH3 is 1. The minimum absolute atomic E-state index is 0.00685. The number of cyclic esters (lactones) is 1. The predicted molar refractivity (Wildman–Crippen MR) is 181 cm³/mol. The molecule has 2 unspecified atom stereocenters. The normalized spacial score (nSPS) is 27.8. The molecule has 7 rings (SSSR count). The van der Waals surface area contributed by atoms with Crippen LogP contribution >= 0.6 is 11.8 Å². The van der Waals surface area contributed by atoms with Crippen LogP contribution in [-0.4, -0.2) is 90.2 Å². The number of rotatable bonds is 5. The Kier molecular flexibility index (Phi) is 8.93. The molecule has 4 N–H and O–H groups in total. The van der Waals surface area contributed by atoms with Crippen molar-refractivity contribution in [3.63, 3.8) is 0 Å². The standard InChI is InChI=1S/C35H39N5O10S/c1-13-7-18-8-19-21(9-36)40-22-10-47-35(45)20(39-34(44)15(3)37-16(4)41)11-51-33(27(40)26(38-19)23(18)28(43)29(13)46-6)25-24(22)32-31(48-12-49-32)14(2)30(25)50-17(5)42/h7,15,19-22,26-27,33,38,43H,8,10-12H2,1-6H3,(H,37,41)(H,39,44)/t15?,19-,20-,21-,22-,26-,27?,33+/m0/s1. The SMILES string of the molecule is COc1c(C)cc2c(c1O)[C@@H]1N[C@@H](C2)[C@H](C#N)N2C1[C@@H]1SC[C@H](NC(=O)C(C)NC(C)=O)C(=O)OC[C@H]2c2c3c(c(C)c(OC(C)=O)c21)OCO3. The molecule has 51 heavy (non-hydrogen) atoms. The minimum atomic E-state index is -1.12. The van der Waals surface area contributed by atoms with E-state index in [2.05, 4.69) is 22.0 Å². The maximum Gasteiger partial charge on any atom is 0.329 e. The number of fused-ring (bicyclic) bond motifs is 9. The van der Waals surface area contributed by atoms with Gasteiger partial charge in [-0.05, 0) is 38.3 Å². The molecular weight excluding hydrogens is 682 g/mol. The minimum Gasteiger partial charge on any atom is -0.504 e. The van der Waals surface area contributed by atoms with Crippen molar-refractivity contribution in [1.29, 1.82) is 5.26 Å². The Bertz CT molecular complexity index is 1900.